The standard InChI is InChI=1S/C15H31NO/c1-11(2)12-6-8-15(10-16,9-7-12)13(17)14(3,4)5/h11-13,17H,6-10,16H2,1-5H3. The minimum atomic E-state index is -0.284. The minimum absolute atomic E-state index is 0.0381. The highest BCUT2D eigenvalue weighted by Gasteiger charge is 2.45. The lowest BCUT2D eigenvalue weighted by Gasteiger charge is -2.48. The summed E-state index contributed by atoms with van der Waals surface area (Å²) >= 11 is 0. The van der Waals surface area contributed by atoms with Crippen molar-refractivity contribution in [2.45, 2.75) is 66.4 Å². The lowest BCUT2D eigenvalue weighted by molar-refractivity contribution is -0.0735. The van der Waals surface area contributed by atoms with Gasteiger partial charge >= 0.3 is 0 Å². The normalized spacial score (nSPS) is 32.8. The van der Waals surface area contributed by atoms with E-state index in [-0.39, 0.29) is 16.9 Å². The fourth-order valence-corrected chi connectivity index (χ4v) is 3.39. The number of hydrogen-bond acceptors (Lipinski definition) is 2. The summed E-state index contributed by atoms with van der Waals surface area (Å²) in [7, 11) is 0. The average molecular weight is 241 g/mol. The molecule has 0 radical (unpaired) electrons. The second kappa shape index (κ2) is 5.27. The third-order valence-electron chi connectivity index (χ3n) is 4.78. The Hall–Kier alpha value is -0.0800. The summed E-state index contributed by atoms with van der Waals surface area (Å²) in [5.41, 5.74) is 5.89. The molecule has 2 nitrogen and oxygen atoms in total. The maximum atomic E-state index is 10.6. The summed E-state index contributed by atoms with van der Waals surface area (Å²) in [6.45, 7) is 11.6. The average Bonchev–Trinajstić information content (AvgIpc) is 2.26. The first-order chi connectivity index (χ1) is 7.73. The lowest BCUT2D eigenvalue weighted by Crippen LogP contribution is -2.50. The van der Waals surface area contributed by atoms with Crippen LogP contribution in [0.15, 0.2) is 0 Å². The highest BCUT2D eigenvalue weighted by atomic mass is 16.3. The Morgan fingerprint density at radius 2 is 1.71 bits per heavy atom. The van der Waals surface area contributed by atoms with E-state index in [2.05, 4.69) is 34.6 Å². The smallest absolute Gasteiger partial charge is 0.0656 e. The first kappa shape index (κ1) is 15.0. The molecule has 1 saturated carbocycles. The molecule has 2 heteroatoms. The van der Waals surface area contributed by atoms with Gasteiger partial charge < -0.3 is 10.8 Å². The molecule has 1 aliphatic carbocycles. The van der Waals surface area contributed by atoms with E-state index in [1.54, 1.807) is 0 Å². The maximum Gasteiger partial charge on any atom is 0.0656 e. The quantitative estimate of drug-likeness (QED) is 0.797. The van der Waals surface area contributed by atoms with E-state index in [9.17, 15) is 5.11 Å². The van der Waals surface area contributed by atoms with Crippen LogP contribution in [0.25, 0.3) is 0 Å². The van der Waals surface area contributed by atoms with Gasteiger partial charge in [0.1, 0.15) is 0 Å². The first-order valence-corrected chi connectivity index (χ1v) is 7.11. The van der Waals surface area contributed by atoms with Gasteiger partial charge in [0, 0.05) is 12.0 Å². The van der Waals surface area contributed by atoms with Gasteiger partial charge in [0.25, 0.3) is 0 Å². The topological polar surface area (TPSA) is 46.2 Å². The fourth-order valence-electron chi connectivity index (χ4n) is 3.39. The molecular weight excluding hydrogens is 210 g/mol. The lowest BCUT2D eigenvalue weighted by atomic mass is 9.60. The van der Waals surface area contributed by atoms with Crippen molar-refractivity contribution in [1.82, 2.24) is 0 Å². The van der Waals surface area contributed by atoms with Crippen LogP contribution in [0.4, 0.5) is 0 Å². The summed E-state index contributed by atoms with van der Waals surface area (Å²) in [6, 6.07) is 0. The summed E-state index contributed by atoms with van der Waals surface area (Å²) in [5.74, 6) is 1.58. The molecule has 0 heterocycles. The zero-order valence-corrected chi connectivity index (χ0v) is 12.3. The first-order valence-electron chi connectivity index (χ1n) is 7.11. The Kier molecular flexibility index (Phi) is 4.65. The fraction of sp³-hybridized carbons (Fsp3) is 1.00. The van der Waals surface area contributed by atoms with Crippen LogP contribution >= 0.6 is 0 Å². The molecular formula is C15H31NO. The molecule has 1 fully saturated rings. The number of rotatable bonds is 3. The molecule has 1 atom stereocenters. The highest BCUT2D eigenvalue weighted by Crippen LogP contribution is 2.47. The van der Waals surface area contributed by atoms with E-state index in [1.165, 1.54) is 12.8 Å². The SMILES string of the molecule is CC(C)C1CCC(CN)(C(O)C(C)(C)C)CC1. The van der Waals surface area contributed by atoms with Gasteiger partial charge in [-0.3, -0.25) is 0 Å². The Balaban J connectivity index is 2.74. The zero-order valence-electron chi connectivity index (χ0n) is 12.3. The van der Waals surface area contributed by atoms with Crippen LogP contribution in [-0.2, 0) is 0 Å². The van der Waals surface area contributed by atoms with Crippen molar-refractivity contribution in [3.63, 3.8) is 0 Å². The Morgan fingerprint density at radius 1 is 1.24 bits per heavy atom. The number of hydrogen-bond donors (Lipinski definition) is 2. The molecule has 102 valence electrons. The van der Waals surface area contributed by atoms with Gasteiger partial charge in [0.15, 0.2) is 0 Å². The van der Waals surface area contributed by atoms with E-state index in [4.69, 9.17) is 5.73 Å². The van der Waals surface area contributed by atoms with Crippen molar-refractivity contribution in [2.24, 2.45) is 28.4 Å². The van der Waals surface area contributed by atoms with Gasteiger partial charge in [-0.2, -0.15) is 0 Å². The van der Waals surface area contributed by atoms with Gasteiger partial charge in [0.2, 0.25) is 0 Å². The van der Waals surface area contributed by atoms with E-state index in [1.807, 2.05) is 0 Å². The summed E-state index contributed by atoms with van der Waals surface area (Å²) in [4.78, 5) is 0. The third-order valence-corrected chi connectivity index (χ3v) is 4.78. The van der Waals surface area contributed by atoms with E-state index in [0.29, 0.717) is 6.54 Å². The number of aliphatic hydroxyl groups excluding tert-OH is 1. The Bertz CT molecular complexity index is 234. The molecule has 0 bridgehead atoms. The van der Waals surface area contributed by atoms with Crippen LogP contribution < -0.4 is 5.73 Å². The maximum absolute atomic E-state index is 10.6. The van der Waals surface area contributed by atoms with Crippen LogP contribution in [0.1, 0.15) is 60.3 Å². The van der Waals surface area contributed by atoms with E-state index >= 15 is 0 Å². The number of aliphatic hydroxyl groups is 1. The van der Waals surface area contributed by atoms with E-state index in [0.717, 1.165) is 24.7 Å². The van der Waals surface area contributed by atoms with Gasteiger partial charge in [0.05, 0.1) is 6.10 Å². The van der Waals surface area contributed by atoms with Crippen molar-refractivity contribution < 1.29 is 5.11 Å². The third kappa shape index (κ3) is 3.23. The molecule has 17 heavy (non-hydrogen) atoms. The van der Waals surface area contributed by atoms with Crippen LogP contribution in [0.3, 0.4) is 0 Å². The summed E-state index contributed by atoms with van der Waals surface area (Å²) < 4.78 is 0. The van der Waals surface area contributed by atoms with Gasteiger partial charge in [-0.1, -0.05) is 34.6 Å². The Morgan fingerprint density at radius 3 is 2.00 bits per heavy atom. The monoisotopic (exact) mass is 241 g/mol. The largest absolute Gasteiger partial charge is 0.392 e. The van der Waals surface area contributed by atoms with Crippen molar-refractivity contribution >= 4 is 0 Å². The molecule has 0 aromatic carbocycles. The highest BCUT2D eigenvalue weighted by molar-refractivity contribution is 4.96. The van der Waals surface area contributed by atoms with Crippen molar-refractivity contribution in [2.75, 3.05) is 6.54 Å². The van der Waals surface area contributed by atoms with Gasteiger partial charge in [-0.15, -0.1) is 0 Å². The predicted octanol–water partition coefficient (Wildman–Crippen LogP) is 3.18. The molecule has 0 saturated heterocycles. The second-order valence-electron chi connectivity index (χ2n) is 7.42. The molecule has 3 N–H and O–H groups in total. The molecule has 1 rings (SSSR count). The van der Waals surface area contributed by atoms with Crippen LogP contribution in [0.5, 0.6) is 0 Å². The van der Waals surface area contributed by atoms with Crippen LogP contribution in [-0.4, -0.2) is 17.8 Å². The van der Waals surface area contributed by atoms with Crippen molar-refractivity contribution in [3.8, 4) is 0 Å². The van der Waals surface area contributed by atoms with Gasteiger partial charge in [-0.05, 0) is 42.9 Å². The van der Waals surface area contributed by atoms with Crippen LogP contribution in [0.2, 0.25) is 0 Å². The van der Waals surface area contributed by atoms with Crippen molar-refractivity contribution in [3.05, 3.63) is 0 Å². The molecule has 1 aliphatic rings. The van der Waals surface area contributed by atoms with Crippen LogP contribution in [0, 0.1) is 22.7 Å². The zero-order chi connectivity index (χ0) is 13.3. The summed E-state index contributed by atoms with van der Waals surface area (Å²) in [6.07, 6.45) is 4.34. The molecule has 0 spiro atoms. The molecule has 0 aromatic heterocycles. The van der Waals surface area contributed by atoms with Crippen molar-refractivity contribution in [1.29, 1.82) is 0 Å². The summed E-state index contributed by atoms with van der Waals surface area (Å²) in [5, 5.41) is 10.6. The molecule has 0 aliphatic heterocycles. The number of nitrogens with two attached hydrogens (primary N) is 1. The second-order valence-corrected chi connectivity index (χ2v) is 7.42. The minimum Gasteiger partial charge on any atom is -0.392 e. The predicted molar refractivity (Wildman–Crippen MR) is 73.7 cm³/mol. The van der Waals surface area contributed by atoms with Gasteiger partial charge in [-0.25, -0.2) is 0 Å². The van der Waals surface area contributed by atoms with E-state index < -0.39 is 0 Å². The molecule has 0 aromatic rings. The molecule has 1 unspecified atom stereocenters. The Labute approximate surface area is 107 Å². The molecule has 0 amide bonds.